The Kier molecular flexibility index (Phi) is 5.30. The normalized spacial score (nSPS) is 8.56. The van der Waals surface area contributed by atoms with E-state index in [-0.39, 0.29) is 5.97 Å². The third-order valence-electron chi connectivity index (χ3n) is 0.720. The van der Waals surface area contributed by atoms with E-state index in [2.05, 4.69) is 4.74 Å². The fraction of sp³-hybridized carbons (Fsp3) is 0.600. The molecule has 0 bridgehead atoms. The summed E-state index contributed by atoms with van der Waals surface area (Å²) in [5.41, 5.74) is 0.711. The largest absolute Gasteiger partial charge is 0.469 e. The average Bonchev–Trinajstić information content (AvgIpc) is 1.89. The maximum absolute atomic E-state index is 10.3. The van der Waals surface area contributed by atoms with E-state index in [4.69, 9.17) is 0 Å². The fourth-order valence-electron chi connectivity index (χ4n) is 0.292. The number of hydrogen-bond donors (Lipinski definition) is 0. The highest BCUT2D eigenvalue weighted by molar-refractivity contribution is 8.11. The second-order valence-corrected chi connectivity index (χ2v) is 2.23. The van der Waals surface area contributed by atoms with Gasteiger partial charge in [-0.3, -0.25) is 9.59 Å². The molecule has 0 aliphatic rings. The van der Waals surface area contributed by atoms with Crippen LogP contribution in [0.15, 0.2) is 0 Å². The number of ether oxygens (including phenoxy) is 1. The summed E-state index contributed by atoms with van der Waals surface area (Å²) in [6.45, 7) is 0. The second-order valence-electron chi connectivity index (χ2n) is 1.29. The summed E-state index contributed by atoms with van der Waals surface area (Å²) in [6, 6.07) is 0. The summed E-state index contributed by atoms with van der Waals surface area (Å²) in [5, 5.41) is 0. The molecule has 0 spiro atoms. The maximum Gasteiger partial charge on any atom is 0.306 e. The van der Waals surface area contributed by atoms with Crippen molar-refractivity contribution in [2.75, 3.05) is 12.9 Å². The van der Waals surface area contributed by atoms with Gasteiger partial charge in [-0.15, -0.1) is 0 Å². The van der Waals surface area contributed by atoms with Crippen molar-refractivity contribution in [3.63, 3.8) is 0 Å². The quantitative estimate of drug-likeness (QED) is 0.330. The Morgan fingerprint density at radius 3 is 2.89 bits per heavy atom. The first-order valence-electron chi connectivity index (χ1n) is 2.43. The molecule has 9 heavy (non-hydrogen) atoms. The molecule has 0 aromatic carbocycles. The molecule has 0 unspecified atom stereocenters. The Morgan fingerprint density at radius 1 is 1.78 bits per heavy atom. The van der Waals surface area contributed by atoms with Crippen LogP contribution in [0.5, 0.6) is 0 Å². The molecule has 0 fully saturated rings. The smallest absolute Gasteiger partial charge is 0.306 e. The van der Waals surface area contributed by atoms with Crippen molar-refractivity contribution in [1.29, 1.82) is 0 Å². The third-order valence-corrected chi connectivity index (χ3v) is 1.30. The predicted octanol–water partition coefficient (Wildman–Crippen LogP) is 0.473. The van der Waals surface area contributed by atoms with Crippen LogP contribution < -0.4 is 0 Å². The number of thioether (sulfide) groups is 1. The van der Waals surface area contributed by atoms with Crippen LogP contribution in [-0.2, 0) is 14.3 Å². The van der Waals surface area contributed by atoms with E-state index < -0.39 is 0 Å². The van der Waals surface area contributed by atoms with E-state index >= 15 is 0 Å². The van der Waals surface area contributed by atoms with Crippen molar-refractivity contribution in [3.8, 4) is 0 Å². The van der Waals surface area contributed by atoms with Gasteiger partial charge in [-0.1, -0.05) is 11.8 Å². The summed E-state index contributed by atoms with van der Waals surface area (Å²) in [7, 11) is 1.33. The SMILES string of the molecule is COC(=O)CCSC=O. The highest BCUT2D eigenvalue weighted by Gasteiger charge is 1.97. The van der Waals surface area contributed by atoms with Crippen LogP contribution in [0.3, 0.4) is 0 Å². The van der Waals surface area contributed by atoms with Gasteiger partial charge < -0.3 is 4.74 Å². The number of carbonyl (C=O) groups excluding carboxylic acids is 2. The van der Waals surface area contributed by atoms with Crippen LogP contribution >= 0.6 is 11.8 Å². The maximum atomic E-state index is 10.3. The lowest BCUT2D eigenvalue weighted by Gasteiger charge is -1.93. The van der Waals surface area contributed by atoms with Gasteiger partial charge in [0.25, 0.3) is 0 Å². The van der Waals surface area contributed by atoms with Crippen LogP contribution in [0, 0.1) is 0 Å². The second kappa shape index (κ2) is 5.62. The molecule has 0 rings (SSSR count). The van der Waals surface area contributed by atoms with E-state index in [1.807, 2.05) is 0 Å². The molecule has 0 amide bonds. The molecular formula is C5H8O3S. The Hall–Kier alpha value is -0.510. The molecule has 0 aliphatic carbocycles. The van der Waals surface area contributed by atoms with Crippen LogP contribution in [0.25, 0.3) is 0 Å². The zero-order valence-corrected chi connectivity index (χ0v) is 5.94. The van der Waals surface area contributed by atoms with Crippen molar-refractivity contribution >= 4 is 23.3 Å². The lowest BCUT2D eigenvalue weighted by molar-refractivity contribution is -0.140. The number of rotatable bonds is 4. The van der Waals surface area contributed by atoms with Gasteiger partial charge in [-0.2, -0.15) is 0 Å². The summed E-state index contributed by atoms with van der Waals surface area (Å²) in [6.07, 6.45) is 0.305. The zero-order valence-electron chi connectivity index (χ0n) is 5.12. The standard InChI is InChI=1S/C5H8O3S/c1-8-5(7)2-3-9-4-6/h4H,2-3H2,1H3. The summed E-state index contributed by atoms with van der Waals surface area (Å²) in [4.78, 5) is 20.0. The van der Waals surface area contributed by atoms with Crippen molar-refractivity contribution in [3.05, 3.63) is 0 Å². The minimum Gasteiger partial charge on any atom is -0.469 e. The minimum absolute atomic E-state index is 0.274. The molecule has 0 atom stereocenters. The number of esters is 1. The van der Waals surface area contributed by atoms with E-state index in [0.29, 0.717) is 17.8 Å². The zero-order chi connectivity index (χ0) is 7.11. The Balaban J connectivity index is 3.06. The van der Waals surface area contributed by atoms with Gasteiger partial charge in [0.15, 0.2) is 5.62 Å². The van der Waals surface area contributed by atoms with E-state index in [1.165, 1.54) is 7.11 Å². The molecule has 0 aromatic heterocycles. The van der Waals surface area contributed by atoms with Gasteiger partial charge in [-0.25, -0.2) is 0 Å². The molecule has 52 valence electrons. The van der Waals surface area contributed by atoms with Gasteiger partial charge in [0.1, 0.15) is 0 Å². The highest BCUT2D eigenvalue weighted by atomic mass is 32.2. The molecule has 0 N–H and O–H groups in total. The Bertz CT molecular complexity index is 102. The van der Waals surface area contributed by atoms with Crippen molar-refractivity contribution < 1.29 is 14.3 Å². The lowest BCUT2D eigenvalue weighted by Crippen LogP contribution is -2.00. The molecule has 0 heterocycles. The van der Waals surface area contributed by atoms with Crippen LogP contribution in [0.4, 0.5) is 0 Å². The van der Waals surface area contributed by atoms with Crippen LogP contribution in [0.1, 0.15) is 6.42 Å². The summed E-state index contributed by atoms with van der Waals surface area (Å²) < 4.78 is 4.33. The van der Waals surface area contributed by atoms with Crippen LogP contribution in [0.2, 0.25) is 0 Å². The first kappa shape index (κ1) is 8.49. The monoisotopic (exact) mass is 148 g/mol. The molecule has 0 saturated carbocycles. The molecule has 0 aliphatic heterocycles. The van der Waals surface area contributed by atoms with Crippen molar-refractivity contribution in [1.82, 2.24) is 0 Å². The topological polar surface area (TPSA) is 43.4 Å². The first-order valence-corrected chi connectivity index (χ1v) is 3.48. The Labute approximate surface area is 57.8 Å². The third kappa shape index (κ3) is 5.36. The average molecular weight is 148 g/mol. The van der Waals surface area contributed by atoms with Gasteiger partial charge in [0, 0.05) is 5.75 Å². The van der Waals surface area contributed by atoms with E-state index in [1.54, 1.807) is 0 Å². The van der Waals surface area contributed by atoms with E-state index in [0.717, 1.165) is 11.8 Å². The molecule has 0 saturated heterocycles. The first-order chi connectivity index (χ1) is 4.31. The molecule has 4 heteroatoms. The Morgan fingerprint density at radius 2 is 2.44 bits per heavy atom. The van der Waals surface area contributed by atoms with E-state index in [9.17, 15) is 9.59 Å². The van der Waals surface area contributed by atoms with Gasteiger partial charge in [0.05, 0.1) is 13.5 Å². The predicted molar refractivity (Wildman–Crippen MR) is 35.8 cm³/mol. The van der Waals surface area contributed by atoms with Gasteiger partial charge >= 0.3 is 5.97 Å². The summed E-state index contributed by atoms with van der Waals surface area (Å²) in [5.74, 6) is 0.236. The highest BCUT2D eigenvalue weighted by Crippen LogP contribution is 1.96. The number of carbonyl (C=O) groups is 2. The lowest BCUT2D eigenvalue weighted by atomic mass is 10.5. The van der Waals surface area contributed by atoms with Crippen LogP contribution in [-0.4, -0.2) is 24.5 Å². The summed E-state index contributed by atoms with van der Waals surface area (Å²) >= 11 is 1.07. The number of methoxy groups -OCH3 is 1. The number of hydrogen-bond acceptors (Lipinski definition) is 4. The minimum atomic E-state index is -0.274. The fourth-order valence-corrected chi connectivity index (χ4v) is 0.673. The van der Waals surface area contributed by atoms with Gasteiger partial charge in [0.2, 0.25) is 0 Å². The van der Waals surface area contributed by atoms with Crippen molar-refractivity contribution in [2.45, 2.75) is 6.42 Å². The molecule has 3 nitrogen and oxygen atoms in total. The molecule has 0 radical (unpaired) electrons. The molecule has 0 aromatic rings. The van der Waals surface area contributed by atoms with Crippen molar-refractivity contribution in [2.24, 2.45) is 0 Å². The van der Waals surface area contributed by atoms with Gasteiger partial charge in [-0.05, 0) is 0 Å². The molecular weight excluding hydrogens is 140 g/mol.